The number of aromatic nitrogens is 3. The third kappa shape index (κ3) is 3.75. The summed E-state index contributed by atoms with van der Waals surface area (Å²) in [6, 6.07) is 19.0. The number of benzene rings is 3. The first-order valence-electron chi connectivity index (χ1n) is 11.0. The molecule has 5 rings (SSSR count). The summed E-state index contributed by atoms with van der Waals surface area (Å²) in [5.41, 5.74) is 9.06. The third-order valence-corrected chi connectivity index (χ3v) is 7.77. The molecular formula is C26H24N4O5S. The average Bonchev–Trinajstić information content (AvgIpc) is 3.17. The van der Waals surface area contributed by atoms with Gasteiger partial charge in [0.2, 0.25) is 15.6 Å². The van der Waals surface area contributed by atoms with Crippen LogP contribution in [0.15, 0.2) is 76.5 Å². The summed E-state index contributed by atoms with van der Waals surface area (Å²) < 4.78 is 45.5. The molecule has 0 fully saturated rings. The van der Waals surface area contributed by atoms with E-state index < -0.39 is 9.84 Å². The fourth-order valence-corrected chi connectivity index (χ4v) is 5.77. The van der Waals surface area contributed by atoms with E-state index in [4.69, 9.17) is 24.9 Å². The van der Waals surface area contributed by atoms with E-state index in [-0.39, 0.29) is 27.7 Å². The van der Waals surface area contributed by atoms with Crippen LogP contribution in [0.25, 0.3) is 22.2 Å². The van der Waals surface area contributed by atoms with E-state index in [1.165, 1.54) is 33.5 Å². The van der Waals surface area contributed by atoms with E-state index in [2.05, 4.69) is 4.98 Å². The van der Waals surface area contributed by atoms with Crippen molar-refractivity contribution in [2.24, 2.45) is 0 Å². The highest BCUT2D eigenvalue weighted by Crippen LogP contribution is 2.40. The maximum absolute atomic E-state index is 13.7. The maximum Gasteiger partial charge on any atom is 0.212 e. The second-order valence-electron chi connectivity index (χ2n) is 8.04. The van der Waals surface area contributed by atoms with E-state index in [0.717, 1.165) is 5.56 Å². The Bertz CT molecular complexity index is 1670. The molecule has 5 aromatic rings. The molecule has 0 saturated heterocycles. The Labute approximate surface area is 208 Å². The van der Waals surface area contributed by atoms with Gasteiger partial charge in [0.1, 0.15) is 16.2 Å². The molecule has 2 heterocycles. The van der Waals surface area contributed by atoms with Crippen LogP contribution in [-0.2, 0) is 16.4 Å². The zero-order valence-corrected chi connectivity index (χ0v) is 20.7. The lowest BCUT2D eigenvalue weighted by Gasteiger charge is -2.15. The van der Waals surface area contributed by atoms with E-state index in [1.54, 1.807) is 41.0 Å². The average molecular weight is 505 g/mol. The molecule has 9 nitrogen and oxygen atoms in total. The van der Waals surface area contributed by atoms with Gasteiger partial charge in [-0.1, -0.05) is 30.3 Å². The molecule has 0 spiro atoms. The predicted molar refractivity (Wildman–Crippen MR) is 137 cm³/mol. The van der Waals surface area contributed by atoms with Crippen molar-refractivity contribution < 1.29 is 22.6 Å². The molecule has 0 aliphatic carbocycles. The van der Waals surface area contributed by atoms with Crippen LogP contribution in [-0.4, -0.2) is 44.3 Å². The normalized spacial score (nSPS) is 11.6. The molecule has 3 aromatic carbocycles. The molecule has 0 radical (unpaired) electrons. The SMILES string of the molecule is COc1cc(Cn2c(N)c(S(=O)(=O)c3ccccc3)c3nc4ccccc4nc32)cc(OC)c1OC. The lowest BCUT2D eigenvalue weighted by molar-refractivity contribution is 0.323. The summed E-state index contributed by atoms with van der Waals surface area (Å²) in [7, 11) is 0.597. The van der Waals surface area contributed by atoms with Gasteiger partial charge in [-0.25, -0.2) is 18.4 Å². The maximum atomic E-state index is 13.7. The van der Waals surface area contributed by atoms with Crippen LogP contribution in [0.3, 0.4) is 0 Å². The van der Waals surface area contributed by atoms with Crippen molar-refractivity contribution in [2.45, 2.75) is 16.3 Å². The summed E-state index contributed by atoms with van der Waals surface area (Å²) in [6.07, 6.45) is 0. The molecule has 2 aromatic heterocycles. The first-order valence-corrected chi connectivity index (χ1v) is 12.5. The quantitative estimate of drug-likeness (QED) is 0.352. The molecule has 0 atom stereocenters. The Morgan fingerprint density at radius 1 is 0.833 bits per heavy atom. The number of hydrogen-bond donors (Lipinski definition) is 1. The second-order valence-corrected chi connectivity index (χ2v) is 9.92. The summed E-state index contributed by atoms with van der Waals surface area (Å²) in [5.74, 6) is 1.43. The van der Waals surface area contributed by atoms with Crippen molar-refractivity contribution in [3.63, 3.8) is 0 Å². The lowest BCUT2D eigenvalue weighted by Crippen LogP contribution is -2.09. The Morgan fingerprint density at radius 3 is 2.00 bits per heavy atom. The van der Waals surface area contributed by atoms with Crippen LogP contribution in [0.1, 0.15) is 5.56 Å². The van der Waals surface area contributed by atoms with Crippen molar-refractivity contribution in [1.82, 2.24) is 14.5 Å². The molecule has 0 saturated carbocycles. The van der Waals surface area contributed by atoms with Gasteiger partial charge >= 0.3 is 0 Å². The standard InChI is InChI=1S/C26H24N4O5S/c1-33-20-13-16(14-21(34-2)23(20)35-3)15-30-25(27)24(36(31,32)17-9-5-4-6-10-17)22-26(30)29-19-12-8-7-11-18(19)28-22/h4-14H,15,27H2,1-3H3. The van der Waals surface area contributed by atoms with Gasteiger partial charge in [0.25, 0.3) is 0 Å². The molecule has 184 valence electrons. The second kappa shape index (κ2) is 9.04. The fourth-order valence-electron chi connectivity index (χ4n) is 4.24. The highest BCUT2D eigenvalue weighted by atomic mass is 32.2. The first kappa shape index (κ1) is 23.4. The number of nitrogens with two attached hydrogens (primary N) is 1. The molecule has 0 bridgehead atoms. The number of sulfone groups is 1. The number of methoxy groups -OCH3 is 3. The summed E-state index contributed by atoms with van der Waals surface area (Å²) >= 11 is 0. The number of hydrogen-bond acceptors (Lipinski definition) is 8. The number of nitrogen functional groups attached to an aromatic ring is 1. The van der Waals surface area contributed by atoms with Crippen LogP contribution < -0.4 is 19.9 Å². The minimum Gasteiger partial charge on any atom is -0.493 e. The van der Waals surface area contributed by atoms with E-state index in [9.17, 15) is 8.42 Å². The van der Waals surface area contributed by atoms with Crippen LogP contribution in [0.5, 0.6) is 17.2 Å². The molecule has 0 aliphatic rings. The van der Waals surface area contributed by atoms with Gasteiger partial charge in [0.15, 0.2) is 17.1 Å². The third-order valence-electron chi connectivity index (χ3n) is 5.93. The highest BCUT2D eigenvalue weighted by molar-refractivity contribution is 7.92. The lowest BCUT2D eigenvalue weighted by atomic mass is 10.1. The Morgan fingerprint density at radius 2 is 1.42 bits per heavy atom. The Balaban J connectivity index is 1.78. The molecule has 0 aliphatic heterocycles. The molecular weight excluding hydrogens is 480 g/mol. The van der Waals surface area contributed by atoms with Crippen LogP contribution >= 0.6 is 0 Å². The number of anilines is 1. The van der Waals surface area contributed by atoms with Crippen LogP contribution in [0.4, 0.5) is 5.82 Å². The molecule has 36 heavy (non-hydrogen) atoms. The minimum atomic E-state index is -3.99. The predicted octanol–water partition coefficient (Wildman–Crippen LogP) is 4.07. The highest BCUT2D eigenvalue weighted by Gasteiger charge is 2.30. The summed E-state index contributed by atoms with van der Waals surface area (Å²) in [4.78, 5) is 9.47. The van der Waals surface area contributed by atoms with Gasteiger partial charge in [-0.3, -0.25) is 0 Å². The van der Waals surface area contributed by atoms with Gasteiger partial charge < -0.3 is 24.5 Å². The Kier molecular flexibility index (Phi) is 5.89. The van der Waals surface area contributed by atoms with Crippen LogP contribution in [0.2, 0.25) is 0 Å². The largest absolute Gasteiger partial charge is 0.493 e. The summed E-state index contributed by atoms with van der Waals surface area (Å²) in [6.45, 7) is 0.191. The number of para-hydroxylation sites is 2. The molecule has 0 unspecified atom stereocenters. The van der Waals surface area contributed by atoms with Gasteiger partial charge in [-0.2, -0.15) is 0 Å². The Hall–Kier alpha value is -4.31. The molecule has 0 amide bonds. The van der Waals surface area contributed by atoms with Crippen LogP contribution in [0, 0.1) is 0 Å². The number of fused-ring (bicyclic) bond motifs is 2. The smallest absolute Gasteiger partial charge is 0.212 e. The van der Waals surface area contributed by atoms with E-state index >= 15 is 0 Å². The number of ether oxygens (including phenoxy) is 3. The van der Waals surface area contributed by atoms with Gasteiger partial charge in [0.05, 0.1) is 43.8 Å². The van der Waals surface area contributed by atoms with Crippen molar-refractivity contribution in [3.8, 4) is 17.2 Å². The first-order chi connectivity index (χ1) is 17.4. The zero-order chi connectivity index (χ0) is 25.4. The van der Waals surface area contributed by atoms with E-state index in [1.807, 2.05) is 18.2 Å². The number of nitrogens with zero attached hydrogens (tertiary/aromatic N) is 3. The topological polar surface area (TPSA) is 119 Å². The van der Waals surface area contributed by atoms with Gasteiger partial charge in [0, 0.05) is 0 Å². The molecule has 2 N–H and O–H groups in total. The van der Waals surface area contributed by atoms with Gasteiger partial charge in [-0.05, 0) is 42.0 Å². The number of rotatable bonds is 7. The van der Waals surface area contributed by atoms with E-state index in [0.29, 0.717) is 33.9 Å². The van der Waals surface area contributed by atoms with Crippen molar-refractivity contribution in [2.75, 3.05) is 27.1 Å². The van der Waals surface area contributed by atoms with Crippen molar-refractivity contribution >= 4 is 37.9 Å². The summed E-state index contributed by atoms with van der Waals surface area (Å²) in [5, 5.41) is 0. The van der Waals surface area contributed by atoms with Crippen molar-refractivity contribution in [1.29, 1.82) is 0 Å². The monoisotopic (exact) mass is 504 g/mol. The van der Waals surface area contributed by atoms with Gasteiger partial charge in [-0.15, -0.1) is 0 Å². The fraction of sp³-hybridized carbons (Fsp3) is 0.154. The minimum absolute atomic E-state index is 0.0397. The molecule has 10 heteroatoms. The van der Waals surface area contributed by atoms with Crippen molar-refractivity contribution in [3.05, 3.63) is 72.3 Å². The zero-order valence-electron chi connectivity index (χ0n) is 19.9.